The van der Waals surface area contributed by atoms with Gasteiger partial charge in [-0.2, -0.15) is 0 Å². The molecule has 0 bridgehead atoms. The van der Waals surface area contributed by atoms with Crippen LogP contribution in [0.25, 0.3) is 0 Å². The molecular weight excluding hydrogens is 256 g/mol. The fraction of sp³-hybridized carbons (Fsp3) is 0.526. The summed E-state index contributed by atoms with van der Waals surface area (Å²) < 4.78 is 2.51. The number of benzene rings is 1. The van der Waals surface area contributed by atoms with E-state index >= 15 is 0 Å². The molecule has 112 valence electrons. The summed E-state index contributed by atoms with van der Waals surface area (Å²) in [6.45, 7) is 8.34. The molecule has 2 heterocycles. The van der Waals surface area contributed by atoms with E-state index in [9.17, 15) is 0 Å². The molecule has 1 aromatic rings. The molecule has 21 heavy (non-hydrogen) atoms. The third kappa shape index (κ3) is 3.37. The monoisotopic (exact) mass is 283 g/mol. The first-order valence-electron chi connectivity index (χ1n) is 8.25. The molecule has 0 aromatic heterocycles. The highest BCUT2D eigenvalue weighted by Crippen LogP contribution is 2.27. The zero-order valence-electron chi connectivity index (χ0n) is 13.4. The molecule has 2 heteroatoms. The summed E-state index contributed by atoms with van der Waals surface area (Å²) in [5, 5.41) is 0. The first-order valence-corrected chi connectivity index (χ1v) is 8.25. The molecular formula is C19H27N2+. The molecule has 0 aliphatic carbocycles. The number of hydrogen-bond donors (Lipinski definition) is 0. The second-order valence-corrected chi connectivity index (χ2v) is 6.92. The zero-order chi connectivity index (χ0) is 14.7. The largest absolute Gasteiger partial charge is 0.374 e. The van der Waals surface area contributed by atoms with Crippen molar-refractivity contribution >= 4 is 6.21 Å². The minimum absolute atomic E-state index is 0.224. The molecule has 2 nitrogen and oxygen atoms in total. The van der Waals surface area contributed by atoms with Gasteiger partial charge in [-0.1, -0.05) is 30.3 Å². The Kier molecular flexibility index (Phi) is 4.14. The lowest BCUT2D eigenvalue weighted by molar-refractivity contribution is -0.597. The highest BCUT2D eigenvalue weighted by Gasteiger charge is 2.35. The van der Waals surface area contributed by atoms with Gasteiger partial charge in [-0.15, -0.1) is 0 Å². The summed E-state index contributed by atoms with van der Waals surface area (Å²) in [6.07, 6.45) is 9.67. The Hall–Kier alpha value is -1.57. The third-order valence-corrected chi connectivity index (χ3v) is 4.83. The smallest absolute Gasteiger partial charge is 0.165 e. The van der Waals surface area contributed by atoms with E-state index in [0.29, 0.717) is 0 Å². The highest BCUT2D eigenvalue weighted by atomic mass is 15.2. The van der Waals surface area contributed by atoms with Gasteiger partial charge in [0.05, 0.1) is 6.42 Å². The first-order chi connectivity index (χ1) is 10.1. The number of nitrogens with zero attached hydrogens (tertiary/aromatic N) is 2. The van der Waals surface area contributed by atoms with Crippen LogP contribution in [0.5, 0.6) is 0 Å². The number of allylic oxidation sites excluding steroid dienone is 1. The maximum atomic E-state index is 2.58. The second-order valence-electron chi connectivity index (χ2n) is 6.92. The summed E-state index contributed by atoms with van der Waals surface area (Å²) in [6, 6.07) is 10.8. The molecule has 0 unspecified atom stereocenters. The number of hydrogen-bond acceptors (Lipinski definition) is 1. The Labute approximate surface area is 128 Å². The van der Waals surface area contributed by atoms with E-state index in [4.69, 9.17) is 0 Å². The van der Waals surface area contributed by atoms with Crippen molar-refractivity contribution in [1.82, 2.24) is 4.90 Å². The average Bonchev–Trinajstić information content (AvgIpc) is 3.00. The maximum absolute atomic E-state index is 2.58. The van der Waals surface area contributed by atoms with E-state index in [1.165, 1.54) is 37.2 Å². The van der Waals surface area contributed by atoms with Gasteiger partial charge in [0.1, 0.15) is 6.54 Å². The van der Waals surface area contributed by atoms with Crippen molar-refractivity contribution in [3.63, 3.8) is 0 Å². The van der Waals surface area contributed by atoms with Crippen LogP contribution in [0.15, 0.2) is 42.1 Å². The van der Waals surface area contributed by atoms with Crippen LogP contribution in [0, 0.1) is 0 Å². The van der Waals surface area contributed by atoms with Crippen LogP contribution in [-0.4, -0.2) is 40.9 Å². The molecule has 3 rings (SSSR count). The third-order valence-electron chi connectivity index (χ3n) is 4.83. The predicted octanol–water partition coefficient (Wildman–Crippen LogP) is 3.47. The Morgan fingerprint density at radius 1 is 1.10 bits per heavy atom. The van der Waals surface area contributed by atoms with Gasteiger partial charge in [-0.3, -0.25) is 0 Å². The molecule has 2 aliphatic heterocycles. The molecule has 0 amide bonds. The van der Waals surface area contributed by atoms with E-state index in [1.54, 1.807) is 0 Å². The zero-order valence-corrected chi connectivity index (χ0v) is 13.4. The Balaban J connectivity index is 1.69. The van der Waals surface area contributed by atoms with Gasteiger partial charge in [-0.05, 0) is 18.4 Å². The SMILES string of the molecule is CC1(C)CC(N2CCCC2)=CC=[N+]1CCc1ccccc1. The van der Waals surface area contributed by atoms with Crippen molar-refractivity contribution in [2.75, 3.05) is 19.6 Å². The normalized spacial score (nSPS) is 21.1. The molecule has 0 saturated carbocycles. The average molecular weight is 283 g/mol. The van der Waals surface area contributed by atoms with Crippen molar-refractivity contribution in [2.24, 2.45) is 0 Å². The number of rotatable bonds is 4. The van der Waals surface area contributed by atoms with E-state index in [0.717, 1.165) is 19.4 Å². The summed E-state index contributed by atoms with van der Waals surface area (Å²) >= 11 is 0. The molecule has 0 radical (unpaired) electrons. The Morgan fingerprint density at radius 2 is 1.81 bits per heavy atom. The highest BCUT2D eigenvalue weighted by molar-refractivity contribution is 5.68. The number of likely N-dealkylation sites (tertiary alicyclic amines) is 1. The van der Waals surface area contributed by atoms with Gasteiger partial charge in [0.25, 0.3) is 0 Å². The van der Waals surface area contributed by atoms with Crippen molar-refractivity contribution in [3.8, 4) is 0 Å². The second kappa shape index (κ2) is 6.05. The van der Waals surface area contributed by atoms with Gasteiger partial charge < -0.3 is 4.90 Å². The fourth-order valence-corrected chi connectivity index (χ4v) is 3.47. The van der Waals surface area contributed by atoms with Crippen molar-refractivity contribution in [2.45, 2.75) is 45.1 Å². The van der Waals surface area contributed by atoms with Crippen molar-refractivity contribution in [3.05, 3.63) is 47.7 Å². The molecule has 1 saturated heterocycles. The lowest BCUT2D eigenvalue weighted by Gasteiger charge is -2.31. The van der Waals surface area contributed by atoms with Crippen LogP contribution >= 0.6 is 0 Å². The van der Waals surface area contributed by atoms with Crippen LogP contribution in [0.1, 0.15) is 38.7 Å². The molecule has 2 aliphatic rings. The van der Waals surface area contributed by atoms with Gasteiger partial charge in [-0.25, -0.2) is 4.58 Å². The summed E-state index contributed by atoms with van der Waals surface area (Å²) in [5.41, 5.74) is 3.19. The van der Waals surface area contributed by atoms with E-state index in [1.807, 2.05) is 0 Å². The van der Waals surface area contributed by atoms with Crippen LogP contribution in [0.4, 0.5) is 0 Å². The summed E-state index contributed by atoms with van der Waals surface area (Å²) in [4.78, 5) is 2.58. The predicted molar refractivity (Wildman–Crippen MR) is 88.9 cm³/mol. The van der Waals surface area contributed by atoms with Crippen molar-refractivity contribution in [1.29, 1.82) is 0 Å². The molecule has 1 aromatic carbocycles. The topological polar surface area (TPSA) is 6.25 Å². The molecule has 0 spiro atoms. The lowest BCUT2D eigenvalue weighted by atomic mass is 9.93. The Morgan fingerprint density at radius 3 is 2.48 bits per heavy atom. The molecule has 1 fully saturated rings. The molecule has 0 N–H and O–H groups in total. The van der Waals surface area contributed by atoms with Gasteiger partial charge in [0.15, 0.2) is 11.8 Å². The quantitative estimate of drug-likeness (QED) is 0.767. The molecule has 0 atom stereocenters. The van der Waals surface area contributed by atoms with E-state index in [-0.39, 0.29) is 5.54 Å². The van der Waals surface area contributed by atoms with Gasteiger partial charge in [0.2, 0.25) is 0 Å². The van der Waals surface area contributed by atoms with E-state index in [2.05, 4.69) is 65.9 Å². The van der Waals surface area contributed by atoms with Crippen LogP contribution in [0.3, 0.4) is 0 Å². The minimum Gasteiger partial charge on any atom is -0.374 e. The van der Waals surface area contributed by atoms with Crippen LogP contribution in [-0.2, 0) is 6.42 Å². The fourth-order valence-electron chi connectivity index (χ4n) is 3.47. The van der Waals surface area contributed by atoms with E-state index < -0.39 is 0 Å². The summed E-state index contributed by atoms with van der Waals surface area (Å²) in [7, 11) is 0. The Bertz CT molecular complexity index is 534. The van der Waals surface area contributed by atoms with Gasteiger partial charge >= 0.3 is 0 Å². The maximum Gasteiger partial charge on any atom is 0.165 e. The minimum atomic E-state index is 0.224. The standard InChI is InChI=1S/C19H27N2/c1-19(2)16-18(20-12-6-7-13-20)11-15-21(19)14-10-17-8-4-3-5-9-17/h3-5,8-9,11,15H,6-7,10,12-14,16H2,1-2H3/q+1. The van der Waals surface area contributed by atoms with Gasteiger partial charge in [0, 0.05) is 45.1 Å². The first kappa shape index (κ1) is 14.4. The summed E-state index contributed by atoms with van der Waals surface area (Å²) in [5.74, 6) is 0. The van der Waals surface area contributed by atoms with Crippen LogP contribution in [0.2, 0.25) is 0 Å². The lowest BCUT2D eigenvalue weighted by Crippen LogP contribution is -2.42. The van der Waals surface area contributed by atoms with Crippen LogP contribution < -0.4 is 0 Å². The van der Waals surface area contributed by atoms with Crippen molar-refractivity contribution < 1.29 is 4.58 Å².